The zero-order valence-electron chi connectivity index (χ0n) is 6.83. The SMILES string of the molecule is Nc1cc(CCl)c(Cl)cc1C(F)(F)F. The van der Waals surface area contributed by atoms with Crippen LogP contribution in [0, 0.1) is 0 Å². The molecule has 78 valence electrons. The molecular formula is C8H6Cl2F3N. The van der Waals surface area contributed by atoms with Crippen LogP contribution in [0.2, 0.25) is 5.02 Å². The molecule has 1 rings (SSSR count). The third-order valence-corrected chi connectivity index (χ3v) is 2.31. The maximum Gasteiger partial charge on any atom is 0.418 e. The van der Waals surface area contributed by atoms with Crippen LogP contribution in [0.4, 0.5) is 18.9 Å². The van der Waals surface area contributed by atoms with Crippen LogP contribution in [0.3, 0.4) is 0 Å². The summed E-state index contributed by atoms with van der Waals surface area (Å²) in [6.07, 6.45) is -4.49. The first-order chi connectivity index (χ1) is 6.36. The second-order valence-corrected chi connectivity index (χ2v) is 3.34. The summed E-state index contributed by atoms with van der Waals surface area (Å²) in [4.78, 5) is 0. The van der Waals surface area contributed by atoms with Crippen LogP contribution in [0.5, 0.6) is 0 Å². The summed E-state index contributed by atoms with van der Waals surface area (Å²) in [6, 6.07) is 1.92. The molecule has 1 aromatic rings. The van der Waals surface area contributed by atoms with Gasteiger partial charge in [-0.2, -0.15) is 13.2 Å². The zero-order valence-corrected chi connectivity index (χ0v) is 8.34. The van der Waals surface area contributed by atoms with Crippen LogP contribution in [0.1, 0.15) is 11.1 Å². The Labute approximate surface area is 88.6 Å². The molecule has 0 unspecified atom stereocenters. The van der Waals surface area contributed by atoms with Gasteiger partial charge in [-0.05, 0) is 17.7 Å². The highest BCUT2D eigenvalue weighted by Crippen LogP contribution is 2.36. The van der Waals surface area contributed by atoms with Crippen LogP contribution < -0.4 is 5.73 Å². The van der Waals surface area contributed by atoms with E-state index in [1.54, 1.807) is 0 Å². The molecule has 0 saturated carbocycles. The van der Waals surface area contributed by atoms with Crippen LogP contribution in [-0.4, -0.2) is 0 Å². The van der Waals surface area contributed by atoms with E-state index < -0.39 is 11.7 Å². The second kappa shape index (κ2) is 3.87. The van der Waals surface area contributed by atoms with E-state index in [2.05, 4.69) is 0 Å². The molecule has 0 saturated heterocycles. The molecule has 0 heterocycles. The normalized spacial score (nSPS) is 11.8. The Kier molecular flexibility index (Phi) is 3.17. The third kappa shape index (κ3) is 2.25. The van der Waals surface area contributed by atoms with E-state index in [4.69, 9.17) is 28.9 Å². The minimum atomic E-state index is -4.49. The summed E-state index contributed by atoms with van der Waals surface area (Å²) in [5.74, 6) is 0.0289. The summed E-state index contributed by atoms with van der Waals surface area (Å²) in [7, 11) is 0. The van der Waals surface area contributed by atoms with Gasteiger partial charge in [-0.3, -0.25) is 0 Å². The third-order valence-electron chi connectivity index (χ3n) is 1.67. The Balaban J connectivity index is 3.29. The molecular weight excluding hydrogens is 238 g/mol. The monoisotopic (exact) mass is 243 g/mol. The van der Waals surface area contributed by atoms with Crippen LogP contribution >= 0.6 is 23.2 Å². The highest BCUT2D eigenvalue weighted by atomic mass is 35.5. The van der Waals surface area contributed by atoms with Crippen molar-refractivity contribution in [1.29, 1.82) is 0 Å². The Morgan fingerprint density at radius 3 is 2.29 bits per heavy atom. The first-order valence-electron chi connectivity index (χ1n) is 3.57. The molecule has 0 aliphatic heterocycles. The van der Waals surface area contributed by atoms with Crippen molar-refractivity contribution in [2.45, 2.75) is 12.1 Å². The summed E-state index contributed by atoms with van der Waals surface area (Å²) < 4.78 is 36.9. The summed E-state index contributed by atoms with van der Waals surface area (Å²) in [6.45, 7) is 0. The number of alkyl halides is 4. The highest BCUT2D eigenvalue weighted by molar-refractivity contribution is 6.32. The van der Waals surface area contributed by atoms with Gasteiger partial charge in [0.25, 0.3) is 0 Å². The lowest BCUT2D eigenvalue weighted by atomic mass is 10.1. The first kappa shape index (κ1) is 11.5. The van der Waals surface area contributed by atoms with Crippen molar-refractivity contribution in [2.75, 3.05) is 5.73 Å². The maximum atomic E-state index is 12.3. The van der Waals surface area contributed by atoms with Crippen LogP contribution in [0.15, 0.2) is 12.1 Å². The van der Waals surface area contributed by atoms with Crippen molar-refractivity contribution in [3.8, 4) is 0 Å². The number of halogens is 5. The molecule has 2 N–H and O–H groups in total. The Morgan fingerprint density at radius 2 is 1.86 bits per heavy atom. The van der Waals surface area contributed by atoms with Gasteiger partial charge in [0.2, 0.25) is 0 Å². The van der Waals surface area contributed by atoms with E-state index in [1.165, 1.54) is 0 Å². The van der Waals surface area contributed by atoms with Gasteiger partial charge in [-0.1, -0.05) is 11.6 Å². The van der Waals surface area contributed by atoms with Crippen molar-refractivity contribution in [3.63, 3.8) is 0 Å². The fourth-order valence-corrected chi connectivity index (χ4v) is 1.51. The average molecular weight is 244 g/mol. The summed E-state index contributed by atoms with van der Waals surface area (Å²) in [5, 5.41) is -0.0264. The van der Waals surface area contributed by atoms with Crippen molar-refractivity contribution in [1.82, 2.24) is 0 Å². The minimum Gasteiger partial charge on any atom is -0.398 e. The van der Waals surface area contributed by atoms with E-state index in [1.807, 2.05) is 0 Å². The van der Waals surface area contributed by atoms with Crippen molar-refractivity contribution in [2.24, 2.45) is 0 Å². The largest absolute Gasteiger partial charge is 0.418 e. The molecule has 6 heteroatoms. The summed E-state index contributed by atoms with van der Waals surface area (Å²) in [5.41, 5.74) is 4.31. The fraction of sp³-hybridized carbons (Fsp3) is 0.250. The Bertz CT molecular complexity index is 349. The van der Waals surface area contributed by atoms with Crippen LogP contribution in [-0.2, 0) is 12.1 Å². The Morgan fingerprint density at radius 1 is 1.29 bits per heavy atom. The molecule has 1 nitrogen and oxygen atoms in total. The smallest absolute Gasteiger partial charge is 0.398 e. The Hall–Kier alpha value is -0.610. The average Bonchev–Trinajstić information content (AvgIpc) is 2.06. The highest BCUT2D eigenvalue weighted by Gasteiger charge is 2.33. The van der Waals surface area contributed by atoms with Gasteiger partial charge < -0.3 is 5.73 Å². The van der Waals surface area contributed by atoms with Crippen molar-refractivity contribution < 1.29 is 13.2 Å². The maximum absolute atomic E-state index is 12.3. The molecule has 0 aliphatic rings. The van der Waals surface area contributed by atoms with Gasteiger partial charge >= 0.3 is 6.18 Å². The van der Waals surface area contributed by atoms with Crippen molar-refractivity contribution >= 4 is 28.9 Å². The number of benzene rings is 1. The number of hydrogen-bond acceptors (Lipinski definition) is 1. The molecule has 0 atom stereocenters. The van der Waals surface area contributed by atoms with Crippen LogP contribution in [0.25, 0.3) is 0 Å². The van der Waals surface area contributed by atoms with Gasteiger partial charge in [0.1, 0.15) is 0 Å². The molecule has 14 heavy (non-hydrogen) atoms. The fourth-order valence-electron chi connectivity index (χ4n) is 0.985. The molecule has 0 spiro atoms. The van der Waals surface area contributed by atoms with Crippen molar-refractivity contribution in [3.05, 3.63) is 28.3 Å². The second-order valence-electron chi connectivity index (χ2n) is 2.66. The lowest BCUT2D eigenvalue weighted by Gasteiger charge is -2.11. The molecule has 0 aromatic heterocycles. The predicted octanol–water partition coefficient (Wildman–Crippen LogP) is 3.68. The van der Waals surface area contributed by atoms with E-state index in [-0.39, 0.29) is 16.6 Å². The standard InChI is InChI=1S/C8H6Cl2F3N/c9-3-4-1-7(14)5(2-6(4)10)8(11,12)13/h1-2H,3,14H2. The van der Waals surface area contributed by atoms with Gasteiger partial charge in [0.05, 0.1) is 5.56 Å². The number of nitrogens with two attached hydrogens (primary N) is 1. The molecule has 0 amide bonds. The molecule has 1 aromatic carbocycles. The van der Waals surface area contributed by atoms with Gasteiger partial charge in [-0.25, -0.2) is 0 Å². The van der Waals surface area contributed by atoms with E-state index in [9.17, 15) is 13.2 Å². The molecule has 0 fully saturated rings. The predicted molar refractivity (Wildman–Crippen MR) is 50.4 cm³/mol. The lowest BCUT2D eigenvalue weighted by Crippen LogP contribution is -2.09. The van der Waals surface area contributed by atoms with Gasteiger partial charge in [0, 0.05) is 16.6 Å². The van der Waals surface area contributed by atoms with Gasteiger partial charge in [0.15, 0.2) is 0 Å². The lowest BCUT2D eigenvalue weighted by molar-refractivity contribution is -0.136. The number of anilines is 1. The number of nitrogen functional groups attached to an aromatic ring is 1. The molecule has 0 aliphatic carbocycles. The minimum absolute atomic E-state index is 0.0264. The number of hydrogen-bond donors (Lipinski definition) is 1. The summed E-state index contributed by atoms with van der Waals surface area (Å²) >= 11 is 11.0. The van der Waals surface area contributed by atoms with E-state index in [0.717, 1.165) is 12.1 Å². The zero-order chi connectivity index (χ0) is 10.9. The van der Waals surface area contributed by atoms with E-state index >= 15 is 0 Å². The quantitative estimate of drug-likeness (QED) is 0.591. The molecule has 0 bridgehead atoms. The molecule has 0 radical (unpaired) electrons. The number of rotatable bonds is 1. The topological polar surface area (TPSA) is 26.0 Å². The van der Waals surface area contributed by atoms with Gasteiger partial charge in [-0.15, -0.1) is 11.6 Å². The van der Waals surface area contributed by atoms with E-state index in [0.29, 0.717) is 5.56 Å². The first-order valence-corrected chi connectivity index (χ1v) is 4.48.